The summed E-state index contributed by atoms with van der Waals surface area (Å²) in [6.07, 6.45) is 7.74. The molecule has 2 aliphatic rings. The van der Waals surface area contributed by atoms with Crippen LogP contribution in [0.1, 0.15) is 59.8 Å². The van der Waals surface area contributed by atoms with E-state index in [-0.39, 0.29) is 0 Å². The van der Waals surface area contributed by atoms with Crippen molar-refractivity contribution < 1.29 is 0 Å². The number of hydrogen-bond donors (Lipinski definition) is 0. The third kappa shape index (κ3) is 1.67. The van der Waals surface area contributed by atoms with Crippen LogP contribution >= 0.6 is 0 Å². The molecule has 2 aliphatic carbocycles. The predicted octanol–water partition coefficient (Wildman–Crippen LogP) is 4.25. The molecule has 0 heterocycles. The first kappa shape index (κ1) is 10.1. The minimum absolute atomic E-state index is 0.898. The highest BCUT2D eigenvalue weighted by Gasteiger charge is 2.48. The minimum Gasteiger partial charge on any atom is -0.0683 e. The van der Waals surface area contributed by atoms with Crippen molar-refractivity contribution in [2.75, 3.05) is 0 Å². The molecule has 0 N–H and O–H groups in total. The summed E-state index contributed by atoms with van der Waals surface area (Å²) in [6, 6.07) is 0. The fourth-order valence-corrected chi connectivity index (χ4v) is 2.61. The molecule has 0 saturated heterocycles. The Kier molecular flexibility index (Phi) is 3.20. The fourth-order valence-electron chi connectivity index (χ4n) is 2.61. The zero-order valence-electron chi connectivity index (χ0n) is 9.19. The van der Waals surface area contributed by atoms with Gasteiger partial charge in [-0.1, -0.05) is 34.1 Å². The van der Waals surface area contributed by atoms with Gasteiger partial charge in [0.2, 0.25) is 0 Å². The summed E-state index contributed by atoms with van der Waals surface area (Å²) < 4.78 is 0. The third-order valence-corrected chi connectivity index (χ3v) is 3.75. The molecule has 0 aliphatic heterocycles. The van der Waals surface area contributed by atoms with Crippen molar-refractivity contribution >= 4 is 0 Å². The van der Waals surface area contributed by atoms with Crippen molar-refractivity contribution in [2.45, 2.75) is 59.8 Å². The van der Waals surface area contributed by atoms with Gasteiger partial charge in [0.15, 0.2) is 0 Å². The van der Waals surface area contributed by atoms with Crippen LogP contribution in [0.5, 0.6) is 0 Å². The molecule has 2 fully saturated rings. The molecule has 0 radical (unpaired) electrons. The van der Waals surface area contributed by atoms with E-state index in [1.807, 2.05) is 13.8 Å². The lowest BCUT2D eigenvalue weighted by molar-refractivity contribution is -0.0435. The van der Waals surface area contributed by atoms with E-state index >= 15 is 0 Å². The Labute approximate surface area is 77.7 Å². The van der Waals surface area contributed by atoms with Gasteiger partial charge in [0, 0.05) is 0 Å². The van der Waals surface area contributed by atoms with Crippen LogP contribution < -0.4 is 0 Å². The Hall–Kier alpha value is 0. The van der Waals surface area contributed by atoms with E-state index in [0.717, 1.165) is 17.3 Å². The van der Waals surface area contributed by atoms with Crippen molar-refractivity contribution in [3.63, 3.8) is 0 Å². The van der Waals surface area contributed by atoms with Crippen LogP contribution in [0, 0.1) is 17.3 Å². The average molecular weight is 168 g/mol. The largest absolute Gasteiger partial charge is 0.0683 e. The molecule has 2 rings (SSSR count). The zero-order valence-corrected chi connectivity index (χ0v) is 9.19. The van der Waals surface area contributed by atoms with Gasteiger partial charge in [-0.15, -0.1) is 0 Å². The predicted molar refractivity (Wildman–Crippen MR) is 55.2 cm³/mol. The van der Waals surface area contributed by atoms with Crippen LogP contribution in [0.4, 0.5) is 0 Å². The van der Waals surface area contributed by atoms with Gasteiger partial charge in [-0.2, -0.15) is 0 Å². The molecular weight excluding hydrogens is 144 g/mol. The fraction of sp³-hybridized carbons (Fsp3) is 1.00. The topological polar surface area (TPSA) is 0 Å². The van der Waals surface area contributed by atoms with Gasteiger partial charge in [-0.3, -0.25) is 0 Å². The van der Waals surface area contributed by atoms with Crippen molar-refractivity contribution in [1.82, 2.24) is 0 Å². The van der Waals surface area contributed by atoms with Crippen molar-refractivity contribution in [2.24, 2.45) is 17.3 Å². The second-order valence-corrected chi connectivity index (χ2v) is 4.77. The lowest BCUT2D eigenvalue weighted by atomic mass is 9.50. The van der Waals surface area contributed by atoms with Crippen molar-refractivity contribution in [1.29, 1.82) is 0 Å². The smallest absolute Gasteiger partial charge is 0.0292 e. The minimum atomic E-state index is 0.898. The first-order valence-electron chi connectivity index (χ1n) is 5.72. The van der Waals surface area contributed by atoms with Crippen LogP contribution in [-0.4, -0.2) is 0 Å². The van der Waals surface area contributed by atoms with Crippen LogP contribution in [-0.2, 0) is 0 Å². The van der Waals surface area contributed by atoms with Gasteiger partial charge < -0.3 is 0 Å². The van der Waals surface area contributed by atoms with Crippen LogP contribution in [0.2, 0.25) is 0 Å². The summed E-state index contributed by atoms with van der Waals surface area (Å²) in [5.74, 6) is 2.03. The Balaban J connectivity index is 0.000000336. The number of hydrogen-bond acceptors (Lipinski definition) is 0. The molecule has 0 amide bonds. The SMILES string of the molecule is CC.CC(C)C1CC2(CCC2)C1. The molecular formula is C12H24. The van der Waals surface area contributed by atoms with Gasteiger partial charge >= 0.3 is 0 Å². The van der Waals surface area contributed by atoms with Crippen LogP contribution in [0.3, 0.4) is 0 Å². The molecule has 0 heteroatoms. The molecule has 2 saturated carbocycles. The Morgan fingerprint density at radius 3 is 1.83 bits per heavy atom. The summed E-state index contributed by atoms with van der Waals surface area (Å²) >= 11 is 0. The average Bonchev–Trinajstić information content (AvgIpc) is 1.85. The molecule has 72 valence electrons. The Morgan fingerprint density at radius 1 is 1.08 bits per heavy atom. The normalized spacial score (nSPS) is 25.8. The number of rotatable bonds is 1. The van der Waals surface area contributed by atoms with Crippen LogP contribution in [0.25, 0.3) is 0 Å². The highest BCUT2D eigenvalue weighted by atomic mass is 14.5. The lowest BCUT2D eigenvalue weighted by Gasteiger charge is -2.55. The van der Waals surface area contributed by atoms with Gasteiger partial charge in [0.05, 0.1) is 0 Å². The van der Waals surface area contributed by atoms with E-state index in [4.69, 9.17) is 0 Å². The molecule has 12 heavy (non-hydrogen) atoms. The van der Waals surface area contributed by atoms with Crippen molar-refractivity contribution in [3.05, 3.63) is 0 Å². The molecule has 1 spiro atoms. The summed E-state index contributed by atoms with van der Waals surface area (Å²) in [5, 5.41) is 0. The highest BCUT2D eigenvalue weighted by Crippen LogP contribution is 2.60. The maximum Gasteiger partial charge on any atom is -0.0292 e. The molecule has 0 unspecified atom stereocenters. The molecule has 0 atom stereocenters. The third-order valence-electron chi connectivity index (χ3n) is 3.75. The van der Waals surface area contributed by atoms with E-state index in [1.165, 1.54) is 6.42 Å². The molecule has 0 aromatic heterocycles. The second-order valence-electron chi connectivity index (χ2n) is 4.77. The van der Waals surface area contributed by atoms with Gasteiger partial charge in [0.1, 0.15) is 0 Å². The van der Waals surface area contributed by atoms with E-state index in [2.05, 4.69) is 13.8 Å². The second kappa shape index (κ2) is 3.81. The standard InChI is InChI=1S/C10H18.C2H6/c1-8(2)9-6-10(7-9)4-3-5-10;1-2/h8-9H,3-7H2,1-2H3;1-2H3. The summed E-state index contributed by atoms with van der Waals surface area (Å²) in [5.41, 5.74) is 0.898. The Bertz CT molecular complexity index is 123. The van der Waals surface area contributed by atoms with Crippen molar-refractivity contribution in [3.8, 4) is 0 Å². The van der Waals surface area contributed by atoms with Gasteiger partial charge in [-0.25, -0.2) is 0 Å². The summed E-state index contributed by atoms with van der Waals surface area (Å²) in [6.45, 7) is 8.74. The maximum absolute atomic E-state index is 2.37. The highest BCUT2D eigenvalue weighted by molar-refractivity contribution is 4.99. The van der Waals surface area contributed by atoms with Crippen LogP contribution in [0.15, 0.2) is 0 Å². The monoisotopic (exact) mass is 168 g/mol. The van der Waals surface area contributed by atoms with E-state index < -0.39 is 0 Å². The van der Waals surface area contributed by atoms with Gasteiger partial charge in [0.25, 0.3) is 0 Å². The van der Waals surface area contributed by atoms with E-state index in [9.17, 15) is 0 Å². The zero-order chi connectivity index (χ0) is 9.19. The molecule has 0 aromatic carbocycles. The molecule has 0 nitrogen and oxygen atoms in total. The summed E-state index contributed by atoms with van der Waals surface area (Å²) in [7, 11) is 0. The Morgan fingerprint density at radius 2 is 1.58 bits per heavy atom. The maximum atomic E-state index is 2.37. The quantitative estimate of drug-likeness (QED) is 0.549. The first-order chi connectivity index (χ1) is 5.72. The summed E-state index contributed by atoms with van der Waals surface area (Å²) in [4.78, 5) is 0. The first-order valence-corrected chi connectivity index (χ1v) is 5.72. The van der Waals surface area contributed by atoms with Gasteiger partial charge in [-0.05, 0) is 42.9 Å². The van der Waals surface area contributed by atoms with E-state index in [1.54, 1.807) is 25.7 Å². The lowest BCUT2D eigenvalue weighted by Crippen LogP contribution is -2.44. The van der Waals surface area contributed by atoms with E-state index in [0.29, 0.717) is 0 Å². The molecule has 0 bridgehead atoms. The molecule has 0 aromatic rings.